The van der Waals surface area contributed by atoms with Crippen molar-refractivity contribution >= 4 is 5.69 Å². The highest BCUT2D eigenvalue weighted by molar-refractivity contribution is 5.61. The SMILES string of the molecule is Cc1ccc(N2CCN(C)CC2)c2c1CCCC2N. The number of piperazine rings is 1. The molecule has 1 aromatic rings. The maximum absolute atomic E-state index is 6.41. The molecule has 1 fully saturated rings. The van der Waals surface area contributed by atoms with Gasteiger partial charge in [-0.1, -0.05) is 6.07 Å². The van der Waals surface area contributed by atoms with Crippen LogP contribution in [0, 0.1) is 6.92 Å². The first-order chi connectivity index (χ1) is 9.16. The number of hydrogen-bond acceptors (Lipinski definition) is 3. The Morgan fingerprint density at radius 3 is 2.63 bits per heavy atom. The molecule has 1 unspecified atom stereocenters. The summed E-state index contributed by atoms with van der Waals surface area (Å²) in [5.74, 6) is 0. The molecule has 1 aliphatic carbocycles. The molecule has 3 rings (SSSR count). The molecule has 19 heavy (non-hydrogen) atoms. The van der Waals surface area contributed by atoms with Gasteiger partial charge in [0.25, 0.3) is 0 Å². The normalized spacial score (nSPS) is 24.4. The van der Waals surface area contributed by atoms with E-state index in [0.29, 0.717) is 0 Å². The van der Waals surface area contributed by atoms with Crippen molar-refractivity contribution in [3.63, 3.8) is 0 Å². The average molecular weight is 259 g/mol. The van der Waals surface area contributed by atoms with E-state index >= 15 is 0 Å². The van der Waals surface area contributed by atoms with Crippen LogP contribution in [0.2, 0.25) is 0 Å². The van der Waals surface area contributed by atoms with Crippen LogP contribution in [-0.2, 0) is 6.42 Å². The Morgan fingerprint density at radius 1 is 1.16 bits per heavy atom. The van der Waals surface area contributed by atoms with Gasteiger partial charge in [0.1, 0.15) is 0 Å². The molecule has 0 radical (unpaired) electrons. The molecule has 2 N–H and O–H groups in total. The number of benzene rings is 1. The van der Waals surface area contributed by atoms with E-state index in [1.807, 2.05) is 0 Å². The smallest absolute Gasteiger partial charge is 0.0418 e. The Bertz CT molecular complexity index is 461. The van der Waals surface area contributed by atoms with Crippen LogP contribution >= 0.6 is 0 Å². The summed E-state index contributed by atoms with van der Waals surface area (Å²) in [6.07, 6.45) is 3.58. The molecule has 0 aromatic heterocycles. The predicted molar refractivity (Wildman–Crippen MR) is 80.8 cm³/mol. The first kappa shape index (κ1) is 12.9. The summed E-state index contributed by atoms with van der Waals surface area (Å²) in [5.41, 5.74) is 12.2. The molecule has 1 atom stereocenters. The summed E-state index contributed by atoms with van der Waals surface area (Å²) in [4.78, 5) is 4.93. The van der Waals surface area contributed by atoms with E-state index in [1.54, 1.807) is 0 Å². The Labute approximate surface area is 116 Å². The first-order valence-electron chi connectivity index (χ1n) is 7.48. The summed E-state index contributed by atoms with van der Waals surface area (Å²) < 4.78 is 0. The number of nitrogens with two attached hydrogens (primary N) is 1. The van der Waals surface area contributed by atoms with Gasteiger partial charge in [0.2, 0.25) is 0 Å². The van der Waals surface area contributed by atoms with E-state index in [2.05, 4.69) is 35.9 Å². The topological polar surface area (TPSA) is 32.5 Å². The van der Waals surface area contributed by atoms with Crippen molar-refractivity contribution in [2.45, 2.75) is 32.2 Å². The van der Waals surface area contributed by atoms with Gasteiger partial charge in [0.05, 0.1) is 0 Å². The fourth-order valence-electron chi connectivity index (χ4n) is 3.47. The second kappa shape index (κ2) is 5.14. The molecular weight excluding hydrogens is 234 g/mol. The van der Waals surface area contributed by atoms with Gasteiger partial charge in [-0.15, -0.1) is 0 Å². The highest BCUT2D eigenvalue weighted by atomic mass is 15.2. The summed E-state index contributed by atoms with van der Waals surface area (Å²) in [6.45, 7) is 6.78. The van der Waals surface area contributed by atoms with Crippen molar-refractivity contribution in [3.8, 4) is 0 Å². The molecule has 3 nitrogen and oxygen atoms in total. The number of rotatable bonds is 1. The summed E-state index contributed by atoms with van der Waals surface area (Å²) >= 11 is 0. The van der Waals surface area contributed by atoms with Gasteiger partial charge < -0.3 is 15.5 Å². The minimum absolute atomic E-state index is 0.235. The lowest BCUT2D eigenvalue weighted by atomic mass is 9.84. The lowest BCUT2D eigenvalue weighted by molar-refractivity contribution is 0.312. The van der Waals surface area contributed by atoms with Gasteiger partial charge in [-0.3, -0.25) is 0 Å². The minimum atomic E-state index is 0.235. The minimum Gasteiger partial charge on any atom is -0.369 e. The number of nitrogens with zero attached hydrogens (tertiary/aromatic N) is 2. The Balaban J connectivity index is 1.97. The van der Waals surface area contributed by atoms with Gasteiger partial charge in [-0.05, 0) is 56.0 Å². The molecule has 1 heterocycles. The van der Waals surface area contributed by atoms with Crippen molar-refractivity contribution < 1.29 is 0 Å². The average Bonchev–Trinajstić information content (AvgIpc) is 2.41. The van der Waals surface area contributed by atoms with Crippen LogP contribution in [0.4, 0.5) is 5.69 Å². The lowest BCUT2D eigenvalue weighted by Crippen LogP contribution is -2.45. The highest BCUT2D eigenvalue weighted by Gasteiger charge is 2.25. The zero-order chi connectivity index (χ0) is 13.4. The fourth-order valence-corrected chi connectivity index (χ4v) is 3.47. The zero-order valence-electron chi connectivity index (χ0n) is 12.2. The van der Waals surface area contributed by atoms with Crippen LogP contribution < -0.4 is 10.6 Å². The van der Waals surface area contributed by atoms with Gasteiger partial charge in [-0.25, -0.2) is 0 Å². The molecule has 0 bridgehead atoms. The number of likely N-dealkylation sites (N-methyl/N-ethyl adjacent to an activating group) is 1. The molecule has 104 valence electrons. The molecule has 3 heteroatoms. The van der Waals surface area contributed by atoms with Gasteiger partial charge in [0.15, 0.2) is 0 Å². The number of hydrogen-bond donors (Lipinski definition) is 1. The van der Waals surface area contributed by atoms with E-state index in [0.717, 1.165) is 32.6 Å². The van der Waals surface area contributed by atoms with Crippen molar-refractivity contribution in [2.75, 3.05) is 38.1 Å². The quantitative estimate of drug-likeness (QED) is 0.838. The predicted octanol–water partition coefficient (Wildman–Crippen LogP) is 2.08. The molecular formula is C16H25N3. The molecule has 0 saturated carbocycles. The Kier molecular flexibility index (Phi) is 3.50. The fraction of sp³-hybridized carbons (Fsp3) is 0.625. The third-order valence-corrected chi connectivity index (χ3v) is 4.72. The van der Waals surface area contributed by atoms with Gasteiger partial charge in [0, 0.05) is 37.9 Å². The third-order valence-electron chi connectivity index (χ3n) is 4.72. The Hall–Kier alpha value is -1.06. The summed E-state index contributed by atoms with van der Waals surface area (Å²) in [6, 6.07) is 4.81. The van der Waals surface area contributed by atoms with E-state index in [9.17, 15) is 0 Å². The zero-order valence-corrected chi connectivity index (χ0v) is 12.2. The molecule has 1 aliphatic heterocycles. The third kappa shape index (κ3) is 2.37. The number of aryl methyl sites for hydroxylation is 1. The van der Waals surface area contributed by atoms with Crippen LogP contribution in [0.5, 0.6) is 0 Å². The maximum Gasteiger partial charge on any atom is 0.0418 e. The molecule has 0 spiro atoms. The van der Waals surface area contributed by atoms with Crippen molar-refractivity contribution in [1.29, 1.82) is 0 Å². The summed E-state index contributed by atoms with van der Waals surface area (Å²) in [7, 11) is 2.20. The molecule has 0 amide bonds. The molecule has 1 saturated heterocycles. The number of fused-ring (bicyclic) bond motifs is 1. The molecule has 1 aromatic carbocycles. The van der Waals surface area contributed by atoms with Crippen molar-refractivity contribution in [3.05, 3.63) is 28.8 Å². The van der Waals surface area contributed by atoms with Gasteiger partial charge in [-0.2, -0.15) is 0 Å². The second-order valence-corrected chi connectivity index (χ2v) is 6.08. The van der Waals surface area contributed by atoms with Crippen LogP contribution in [0.15, 0.2) is 12.1 Å². The highest BCUT2D eigenvalue weighted by Crippen LogP contribution is 2.37. The van der Waals surface area contributed by atoms with Gasteiger partial charge >= 0.3 is 0 Å². The second-order valence-electron chi connectivity index (χ2n) is 6.08. The van der Waals surface area contributed by atoms with Crippen LogP contribution in [-0.4, -0.2) is 38.1 Å². The van der Waals surface area contributed by atoms with Crippen LogP contribution in [0.25, 0.3) is 0 Å². The van der Waals surface area contributed by atoms with E-state index in [1.165, 1.54) is 35.2 Å². The number of anilines is 1. The summed E-state index contributed by atoms with van der Waals surface area (Å²) in [5, 5.41) is 0. The van der Waals surface area contributed by atoms with E-state index in [4.69, 9.17) is 5.73 Å². The lowest BCUT2D eigenvalue weighted by Gasteiger charge is -2.38. The first-order valence-corrected chi connectivity index (χ1v) is 7.48. The van der Waals surface area contributed by atoms with Crippen LogP contribution in [0.1, 0.15) is 35.6 Å². The van der Waals surface area contributed by atoms with E-state index < -0.39 is 0 Å². The van der Waals surface area contributed by atoms with E-state index in [-0.39, 0.29) is 6.04 Å². The largest absolute Gasteiger partial charge is 0.369 e. The van der Waals surface area contributed by atoms with Crippen molar-refractivity contribution in [2.24, 2.45) is 5.73 Å². The van der Waals surface area contributed by atoms with Crippen LogP contribution in [0.3, 0.4) is 0 Å². The Morgan fingerprint density at radius 2 is 1.89 bits per heavy atom. The maximum atomic E-state index is 6.41. The molecule has 2 aliphatic rings. The monoisotopic (exact) mass is 259 g/mol. The van der Waals surface area contributed by atoms with Crippen molar-refractivity contribution in [1.82, 2.24) is 4.90 Å². The standard InChI is InChI=1S/C16H25N3/c1-12-6-7-15(19-10-8-18(2)9-11-19)16-13(12)4-3-5-14(16)17/h6-7,14H,3-5,8-11,17H2,1-2H3.